The van der Waals surface area contributed by atoms with Gasteiger partial charge in [0.05, 0.1) is 17.0 Å². The number of imidazole rings is 1. The van der Waals surface area contributed by atoms with E-state index in [9.17, 15) is 4.79 Å². The molecule has 4 N–H and O–H groups in total. The van der Waals surface area contributed by atoms with Crippen LogP contribution in [0.5, 0.6) is 0 Å². The fourth-order valence-electron chi connectivity index (χ4n) is 4.07. The molecule has 3 atom stereocenters. The normalized spacial score (nSPS) is 27.6. The molecule has 3 unspecified atom stereocenters. The van der Waals surface area contributed by atoms with Crippen LogP contribution in [0.15, 0.2) is 18.2 Å². The van der Waals surface area contributed by atoms with Crippen LogP contribution in [0.4, 0.5) is 5.69 Å². The number of anilines is 1. The van der Waals surface area contributed by atoms with E-state index in [2.05, 4.69) is 15.3 Å². The van der Waals surface area contributed by atoms with Crippen molar-refractivity contribution < 1.29 is 9.53 Å². The van der Waals surface area contributed by atoms with Crippen LogP contribution in [0.1, 0.15) is 57.4 Å². The fourth-order valence-corrected chi connectivity index (χ4v) is 4.07. The van der Waals surface area contributed by atoms with Gasteiger partial charge in [-0.25, -0.2) is 4.98 Å². The first-order valence-corrected chi connectivity index (χ1v) is 9.24. The van der Waals surface area contributed by atoms with Crippen molar-refractivity contribution in [2.24, 2.45) is 11.7 Å². The summed E-state index contributed by atoms with van der Waals surface area (Å²) in [6.45, 7) is 2.78. The van der Waals surface area contributed by atoms with Crippen molar-refractivity contribution in [3.63, 3.8) is 0 Å². The Balaban J connectivity index is 0.00000131. The summed E-state index contributed by atoms with van der Waals surface area (Å²) in [6.07, 6.45) is 6.05. The van der Waals surface area contributed by atoms with Gasteiger partial charge >= 0.3 is 0 Å². The highest BCUT2D eigenvalue weighted by atomic mass is 35.5. The smallest absolute Gasteiger partial charge is 0.229 e. The number of ether oxygens (including phenoxy) is 1. The second-order valence-corrected chi connectivity index (χ2v) is 7.65. The number of nitrogens with two attached hydrogens (primary N) is 1. The number of amides is 1. The summed E-state index contributed by atoms with van der Waals surface area (Å²) in [6, 6.07) is 5.77. The molecule has 27 heavy (non-hydrogen) atoms. The van der Waals surface area contributed by atoms with Gasteiger partial charge in [0, 0.05) is 17.8 Å². The van der Waals surface area contributed by atoms with E-state index in [1.165, 1.54) is 0 Å². The number of H-pyrrole nitrogens is 1. The lowest BCUT2D eigenvalue weighted by molar-refractivity contribution is -0.122. The number of hydrogen-bond donors (Lipinski definition) is 3. The van der Waals surface area contributed by atoms with Crippen LogP contribution in [0.3, 0.4) is 0 Å². The molecule has 1 aromatic carbocycles. The lowest BCUT2D eigenvalue weighted by atomic mass is 9.74. The average Bonchev–Trinajstić information content (AvgIpc) is 3.23. The number of halogens is 2. The van der Waals surface area contributed by atoms with Crippen molar-refractivity contribution in [3.05, 3.63) is 24.0 Å². The molecule has 1 aliphatic carbocycles. The van der Waals surface area contributed by atoms with Gasteiger partial charge < -0.3 is 20.8 Å². The summed E-state index contributed by atoms with van der Waals surface area (Å²) in [5, 5.41) is 3.04. The Kier molecular flexibility index (Phi) is 7.14. The quantitative estimate of drug-likeness (QED) is 0.704. The predicted octanol–water partition coefficient (Wildman–Crippen LogP) is 4.10. The van der Waals surface area contributed by atoms with Crippen molar-refractivity contribution in [1.82, 2.24) is 9.97 Å². The first-order valence-electron chi connectivity index (χ1n) is 9.24. The number of hydrogen-bond acceptors (Lipinski definition) is 4. The van der Waals surface area contributed by atoms with Gasteiger partial charge in [-0.05, 0) is 50.8 Å². The fraction of sp³-hybridized carbons (Fsp3) is 0.579. The highest BCUT2D eigenvalue weighted by Gasteiger charge is 2.37. The van der Waals surface area contributed by atoms with Gasteiger partial charge in [0.2, 0.25) is 5.91 Å². The number of fused-ring (bicyclic) bond motifs is 1. The number of rotatable bonds is 3. The molecule has 0 bridgehead atoms. The van der Waals surface area contributed by atoms with Gasteiger partial charge in [0.25, 0.3) is 0 Å². The molecule has 0 spiro atoms. The minimum Gasteiger partial charge on any atom is -0.370 e. The first-order chi connectivity index (χ1) is 12.0. The van der Waals surface area contributed by atoms with Crippen LogP contribution in [-0.4, -0.2) is 28.0 Å². The Morgan fingerprint density at radius 3 is 2.81 bits per heavy atom. The van der Waals surface area contributed by atoms with Gasteiger partial charge in [-0.2, -0.15) is 0 Å². The third-order valence-corrected chi connectivity index (χ3v) is 5.57. The number of nitrogens with one attached hydrogen (secondary N) is 2. The molecule has 150 valence electrons. The molecular weight excluding hydrogens is 387 g/mol. The zero-order chi connectivity index (χ0) is 17.4. The molecule has 8 heteroatoms. The third kappa shape index (κ3) is 4.57. The molecule has 1 saturated heterocycles. The first kappa shape index (κ1) is 22.0. The van der Waals surface area contributed by atoms with Gasteiger partial charge in [-0.3, -0.25) is 4.79 Å². The minimum atomic E-state index is -0.423. The Bertz CT molecular complexity index is 787. The maximum Gasteiger partial charge on any atom is 0.229 e. The van der Waals surface area contributed by atoms with E-state index in [0.29, 0.717) is 0 Å². The van der Waals surface area contributed by atoms with E-state index in [4.69, 9.17) is 10.5 Å². The zero-order valence-electron chi connectivity index (χ0n) is 15.5. The number of nitrogens with zero attached hydrogens (tertiary/aromatic N) is 1. The Morgan fingerprint density at radius 2 is 2.11 bits per heavy atom. The van der Waals surface area contributed by atoms with Gasteiger partial charge in [-0.1, -0.05) is 12.8 Å². The largest absolute Gasteiger partial charge is 0.370 e. The minimum absolute atomic E-state index is 0. The third-order valence-electron chi connectivity index (χ3n) is 5.57. The number of carbonyl (C=O) groups excluding carboxylic acids is 1. The van der Waals surface area contributed by atoms with E-state index in [1.807, 2.05) is 25.1 Å². The van der Waals surface area contributed by atoms with Crippen LogP contribution in [0, 0.1) is 5.92 Å². The second kappa shape index (κ2) is 8.78. The van der Waals surface area contributed by atoms with Crippen LogP contribution in [0.2, 0.25) is 0 Å². The monoisotopic (exact) mass is 414 g/mol. The Hall–Kier alpha value is -1.34. The SMILES string of the molecule is CC1(N)CCCCC1C(=O)Nc1ccc2nc(C3CCCO3)[nH]c2c1.Cl.Cl. The van der Waals surface area contributed by atoms with E-state index in [1.54, 1.807) is 0 Å². The van der Waals surface area contributed by atoms with E-state index >= 15 is 0 Å². The molecule has 2 fully saturated rings. The van der Waals surface area contributed by atoms with E-state index < -0.39 is 5.54 Å². The molecule has 2 aliphatic rings. The predicted molar refractivity (Wildman–Crippen MR) is 112 cm³/mol. The lowest BCUT2D eigenvalue weighted by Gasteiger charge is -2.37. The van der Waals surface area contributed by atoms with Crippen molar-refractivity contribution >= 4 is 47.4 Å². The topological polar surface area (TPSA) is 93.0 Å². The van der Waals surface area contributed by atoms with Crippen molar-refractivity contribution in [3.8, 4) is 0 Å². The molecule has 1 amide bonds. The Labute approximate surface area is 171 Å². The standard InChI is InChI=1S/C19H26N4O2.2ClH/c1-19(20)9-3-2-5-13(19)18(24)21-12-7-8-14-15(11-12)23-17(22-14)16-6-4-10-25-16;;/h7-8,11,13,16H,2-6,9-10,20H2,1H3,(H,21,24)(H,22,23);2*1H. The molecule has 1 saturated carbocycles. The zero-order valence-corrected chi connectivity index (χ0v) is 17.1. The summed E-state index contributed by atoms with van der Waals surface area (Å²) in [7, 11) is 0. The number of carbonyl (C=O) groups is 1. The van der Waals surface area contributed by atoms with Crippen LogP contribution in [0.25, 0.3) is 11.0 Å². The molecule has 1 aliphatic heterocycles. The molecule has 2 aromatic rings. The van der Waals surface area contributed by atoms with Crippen molar-refractivity contribution in [2.45, 2.75) is 57.1 Å². The van der Waals surface area contributed by atoms with Crippen molar-refractivity contribution in [1.29, 1.82) is 0 Å². The summed E-state index contributed by atoms with van der Waals surface area (Å²) < 4.78 is 5.69. The van der Waals surface area contributed by atoms with E-state index in [0.717, 1.165) is 67.7 Å². The second-order valence-electron chi connectivity index (χ2n) is 7.65. The van der Waals surface area contributed by atoms with Crippen LogP contribution in [-0.2, 0) is 9.53 Å². The average molecular weight is 415 g/mol. The van der Waals surface area contributed by atoms with Crippen LogP contribution >= 0.6 is 24.8 Å². The Morgan fingerprint density at radius 1 is 1.30 bits per heavy atom. The molecular formula is C19H28Cl2N4O2. The summed E-state index contributed by atoms with van der Waals surface area (Å²) in [5.74, 6) is 0.752. The van der Waals surface area contributed by atoms with Gasteiger partial charge in [0.15, 0.2) is 0 Å². The van der Waals surface area contributed by atoms with Crippen LogP contribution < -0.4 is 11.1 Å². The highest BCUT2D eigenvalue weighted by molar-refractivity contribution is 5.95. The maximum absolute atomic E-state index is 12.7. The molecule has 2 heterocycles. The number of aromatic nitrogens is 2. The molecule has 6 nitrogen and oxygen atoms in total. The molecule has 0 radical (unpaired) electrons. The maximum atomic E-state index is 12.7. The molecule has 4 rings (SSSR count). The summed E-state index contributed by atoms with van der Waals surface area (Å²) >= 11 is 0. The molecule has 1 aromatic heterocycles. The van der Waals surface area contributed by atoms with E-state index in [-0.39, 0.29) is 42.7 Å². The lowest BCUT2D eigenvalue weighted by Crippen LogP contribution is -2.51. The van der Waals surface area contributed by atoms with Gasteiger partial charge in [-0.15, -0.1) is 24.8 Å². The van der Waals surface area contributed by atoms with Crippen molar-refractivity contribution in [2.75, 3.05) is 11.9 Å². The van der Waals surface area contributed by atoms with Gasteiger partial charge in [0.1, 0.15) is 11.9 Å². The highest BCUT2D eigenvalue weighted by Crippen LogP contribution is 2.33. The number of benzene rings is 1. The summed E-state index contributed by atoms with van der Waals surface area (Å²) in [4.78, 5) is 20.6. The summed E-state index contributed by atoms with van der Waals surface area (Å²) in [5.41, 5.74) is 8.52. The number of aromatic amines is 1.